The van der Waals surface area contributed by atoms with E-state index in [1.165, 1.54) is 36.1 Å². The van der Waals surface area contributed by atoms with Crippen molar-refractivity contribution in [3.63, 3.8) is 0 Å². The van der Waals surface area contributed by atoms with Crippen LogP contribution in [-0.4, -0.2) is 47.9 Å². The van der Waals surface area contributed by atoms with Gasteiger partial charge in [0, 0.05) is 19.6 Å². The molecule has 1 saturated heterocycles. The molecular weight excluding hydrogens is 397 g/mol. The average molecular weight is 428 g/mol. The van der Waals surface area contributed by atoms with Gasteiger partial charge in [-0.3, -0.25) is 4.90 Å². The SMILES string of the molecule is CCOc1ccc(C2CC2)c(CN2CCC(F)(COc3ccc(C(=O)O)cc3)CC2)c1. The van der Waals surface area contributed by atoms with E-state index in [0.717, 1.165) is 12.3 Å². The van der Waals surface area contributed by atoms with Crippen LogP contribution in [0.15, 0.2) is 42.5 Å². The molecule has 1 saturated carbocycles. The topological polar surface area (TPSA) is 59.0 Å². The Morgan fingerprint density at radius 3 is 2.39 bits per heavy atom. The minimum atomic E-state index is -1.37. The number of carbonyl (C=O) groups is 1. The Balaban J connectivity index is 1.32. The summed E-state index contributed by atoms with van der Waals surface area (Å²) in [6.07, 6.45) is 3.34. The number of rotatable bonds is 9. The molecule has 0 amide bonds. The first-order valence-electron chi connectivity index (χ1n) is 11.1. The smallest absolute Gasteiger partial charge is 0.335 e. The lowest BCUT2D eigenvalue weighted by molar-refractivity contribution is 0.0151. The van der Waals surface area contributed by atoms with Crippen molar-refractivity contribution in [1.82, 2.24) is 4.90 Å². The lowest BCUT2D eigenvalue weighted by atomic mass is 9.93. The molecule has 1 aliphatic carbocycles. The molecule has 2 aromatic rings. The van der Waals surface area contributed by atoms with Gasteiger partial charge in [-0.05, 0) is 86.1 Å². The molecular formula is C25H30FNO4. The predicted octanol–water partition coefficient (Wildman–Crippen LogP) is 5.04. The Morgan fingerprint density at radius 1 is 1.10 bits per heavy atom. The molecule has 0 bridgehead atoms. The monoisotopic (exact) mass is 427 g/mol. The van der Waals surface area contributed by atoms with Crippen molar-refractivity contribution in [2.24, 2.45) is 0 Å². The van der Waals surface area contributed by atoms with Crippen LogP contribution >= 0.6 is 0 Å². The van der Waals surface area contributed by atoms with Crippen molar-refractivity contribution >= 4 is 5.97 Å². The van der Waals surface area contributed by atoms with Crippen LogP contribution in [0.3, 0.4) is 0 Å². The maximum Gasteiger partial charge on any atom is 0.335 e. The molecule has 1 aliphatic heterocycles. The molecule has 31 heavy (non-hydrogen) atoms. The number of carboxylic acid groups (broad SMARTS) is 1. The van der Waals surface area contributed by atoms with Crippen LogP contribution in [-0.2, 0) is 6.54 Å². The van der Waals surface area contributed by atoms with E-state index in [2.05, 4.69) is 23.1 Å². The number of piperidine rings is 1. The van der Waals surface area contributed by atoms with Gasteiger partial charge in [0.2, 0.25) is 0 Å². The molecule has 0 radical (unpaired) electrons. The molecule has 2 aliphatic rings. The molecule has 0 atom stereocenters. The maximum absolute atomic E-state index is 15.3. The summed E-state index contributed by atoms with van der Waals surface area (Å²) in [6.45, 7) is 4.81. The minimum Gasteiger partial charge on any atom is -0.494 e. The number of carboxylic acids is 1. The van der Waals surface area contributed by atoms with Crippen LogP contribution in [0, 0.1) is 0 Å². The van der Waals surface area contributed by atoms with Crippen molar-refractivity contribution in [3.8, 4) is 11.5 Å². The van der Waals surface area contributed by atoms with E-state index in [9.17, 15) is 4.79 Å². The lowest BCUT2D eigenvalue weighted by Gasteiger charge is -2.36. The predicted molar refractivity (Wildman–Crippen MR) is 117 cm³/mol. The number of nitrogens with zero attached hydrogens (tertiary/aromatic N) is 1. The Morgan fingerprint density at radius 2 is 1.77 bits per heavy atom. The van der Waals surface area contributed by atoms with E-state index in [1.807, 2.05) is 6.92 Å². The number of hydrogen-bond donors (Lipinski definition) is 1. The molecule has 0 aromatic heterocycles. The zero-order valence-electron chi connectivity index (χ0n) is 18.0. The van der Waals surface area contributed by atoms with Crippen LogP contribution in [0.2, 0.25) is 0 Å². The second-order valence-corrected chi connectivity index (χ2v) is 8.61. The van der Waals surface area contributed by atoms with Gasteiger partial charge in [0.25, 0.3) is 0 Å². The fraction of sp³-hybridized carbons (Fsp3) is 0.480. The average Bonchev–Trinajstić information content (AvgIpc) is 3.60. The molecule has 1 N–H and O–H groups in total. The zero-order chi connectivity index (χ0) is 21.8. The largest absolute Gasteiger partial charge is 0.494 e. The van der Waals surface area contributed by atoms with Crippen LogP contribution in [0.4, 0.5) is 4.39 Å². The molecule has 2 aromatic carbocycles. The van der Waals surface area contributed by atoms with Crippen molar-refractivity contribution in [1.29, 1.82) is 0 Å². The first-order valence-corrected chi connectivity index (χ1v) is 11.1. The molecule has 2 fully saturated rings. The number of alkyl halides is 1. The standard InChI is InChI=1S/C25H30FNO4/c1-2-30-22-9-10-23(18-3-4-18)20(15-22)16-27-13-11-25(26,12-14-27)17-31-21-7-5-19(6-8-21)24(28)29/h5-10,15,18H,2-4,11-14,16-17H2,1H3,(H,28,29). The van der Waals surface area contributed by atoms with Gasteiger partial charge in [-0.2, -0.15) is 0 Å². The molecule has 0 unspecified atom stereocenters. The summed E-state index contributed by atoms with van der Waals surface area (Å²) in [6, 6.07) is 12.5. The maximum atomic E-state index is 15.3. The zero-order valence-corrected chi connectivity index (χ0v) is 18.0. The van der Waals surface area contributed by atoms with Crippen LogP contribution in [0.1, 0.15) is 60.0 Å². The fourth-order valence-electron chi connectivity index (χ4n) is 4.17. The molecule has 6 heteroatoms. The number of halogens is 1. The van der Waals surface area contributed by atoms with Crippen molar-refractivity contribution < 1.29 is 23.8 Å². The van der Waals surface area contributed by atoms with Crippen molar-refractivity contribution in [2.75, 3.05) is 26.3 Å². The van der Waals surface area contributed by atoms with Crippen LogP contribution < -0.4 is 9.47 Å². The first-order chi connectivity index (χ1) is 15.0. The van der Waals surface area contributed by atoms with E-state index in [-0.39, 0.29) is 12.2 Å². The summed E-state index contributed by atoms with van der Waals surface area (Å²) in [4.78, 5) is 13.2. The van der Waals surface area contributed by atoms with E-state index >= 15 is 4.39 Å². The normalized spacial score (nSPS) is 18.5. The number of hydrogen-bond acceptors (Lipinski definition) is 4. The second-order valence-electron chi connectivity index (χ2n) is 8.61. The van der Waals surface area contributed by atoms with Gasteiger partial charge in [-0.25, -0.2) is 9.18 Å². The summed E-state index contributed by atoms with van der Waals surface area (Å²) in [5.74, 6) is 1.07. The Kier molecular flexibility index (Phi) is 6.46. The van der Waals surface area contributed by atoms with Crippen molar-refractivity contribution in [2.45, 2.75) is 50.7 Å². The summed E-state index contributed by atoms with van der Waals surface area (Å²) < 4.78 is 26.6. The van der Waals surface area contributed by atoms with Crippen LogP contribution in [0.5, 0.6) is 11.5 Å². The number of aromatic carboxylic acids is 1. The van der Waals surface area contributed by atoms with Crippen molar-refractivity contribution in [3.05, 3.63) is 59.2 Å². The second kappa shape index (κ2) is 9.27. The third-order valence-electron chi connectivity index (χ3n) is 6.19. The molecule has 0 spiro atoms. The Labute approximate surface area is 182 Å². The summed E-state index contributed by atoms with van der Waals surface area (Å²) >= 11 is 0. The van der Waals surface area contributed by atoms with Crippen LogP contribution in [0.25, 0.3) is 0 Å². The highest BCUT2D eigenvalue weighted by Crippen LogP contribution is 2.43. The summed E-state index contributed by atoms with van der Waals surface area (Å²) in [5, 5.41) is 8.96. The molecule has 166 valence electrons. The molecule has 5 nitrogen and oxygen atoms in total. The van der Waals surface area contributed by atoms with Gasteiger partial charge >= 0.3 is 5.97 Å². The van der Waals surface area contributed by atoms with Gasteiger partial charge in [-0.1, -0.05) is 6.07 Å². The third kappa shape index (κ3) is 5.56. The van der Waals surface area contributed by atoms with Gasteiger partial charge < -0.3 is 14.6 Å². The highest BCUT2D eigenvalue weighted by atomic mass is 19.1. The molecule has 1 heterocycles. The van der Waals surface area contributed by atoms with E-state index in [1.54, 1.807) is 12.1 Å². The molecule has 4 rings (SSSR count). The highest BCUT2D eigenvalue weighted by Gasteiger charge is 2.36. The third-order valence-corrected chi connectivity index (χ3v) is 6.19. The summed E-state index contributed by atoms with van der Waals surface area (Å²) in [7, 11) is 0. The highest BCUT2D eigenvalue weighted by molar-refractivity contribution is 5.87. The lowest BCUT2D eigenvalue weighted by Crippen LogP contribution is -2.44. The minimum absolute atomic E-state index is 0.0135. The number of likely N-dealkylation sites (tertiary alicyclic amines) is 1. The Hall–Kier alpha value is -2.60. The van der Waals surface area contributed by atoms with Gasteiger partial charge in [0.1, 0.15) is 23.8 Å². The van der Waals surface area contributed by atoms with E-state index in [4.69, 9.17) is 14.6 Å². The Bertz CT molecular complexity index is 902. The fourth-order valence-corrected chi connectivity index (χ4v) is 4.17. The number of ether oxygens (including phenoxy) is 2. The van der Waals surface area contributed by atoms with Gasteiger partial charge in [-0.15, -0.1) is 0 Å². The summed E-state index contributed by atoms with van der Waals surface area (Å²) in [5.41, 5.74) is 1.53. The van der Waals surface area contributed by atoms with E-state index in [0.29, 0.717) is 44.2 Å². The first kappa shape index (κ1) is 21.6. The quantitative estimate of drug-likeness (QED) is 0.607. The van der Waals surface area contributed by atoms with Gasteiger partial charge in [0.15, 0.2) is 0 Å². The van der Waals surface area contributed by atoms with Gasteiger partial charge in [0.05, 0.1) is 12.2 Å². The van der Waals surface area contributed by atoms with E-state index < -0.39 is 11.6 Å². The number of benzene rings is 2.